The lowest BCUT2D eigenvalue weighted by Gasteiger charge is -2.09. The first-order valence-corrected chi connectivity index (χ1v) is 8.53. The number of carbonyl (C=O) groups excluding carboxylic acids is 1. The topological polar surface area (TPSA) is 41.1 Å². The molecule has 3 nitrogen and oxygen atoms in total. The van der Waals surface area contributed by atoms with Crippen molar-refractivity contribution in [3.63, 3.8) is 0 Å². The van der Waals surface area contributed by atoms with Crippen molar-refractivity contribution in [2.24, 2.45) is 0 Å². The van der Waals surface area contributed by atoms with E-state index >= 15 is 0 Å². The molecule has 0 saturated carbocycles. The summed E-state index contributed by atoms with van der Waals surface area (Å²) in [5, 5.41) is 6.13. The van der Waals surface area contributed by atoms with Crippen LogP contribution in [0.1, 0.15) is 27.0 Å². The van der Waals surface area contributed by atoms with Gasteiger partial charge >= 0.3 is 0 Å². The third kappa shape index (κ3) is 4.77. The first kappa shape index (κ1) is 17.8. The zero-order valence-corrected chi connectivity index (χ0v) is 14.6. The van der Waals surface area contributed by atoms with Gasteiger partial charge in [-0.1, -0.05) is 48.0 Å². The smallest absolute Gasteiger partial charge is 0.255 e. The third-order valence-corrected chi connectivity index (χ3v) is 4.10. The van der Waals surface area contributed by atoms with Gasteiger partial charge in [0.25, 0.3) is 5.91 Å². The van der Waals surface area contributed by atoms with Gasteiger partial charge in [0, 0.05) is 29.9 Å². The number of amides is 1. The van der Waals surface area contributed by atoms with E-state index in [1.807, 2.05) is 61.5 Å². The minimum atomic E-state index is -0.209. The zero-order chi connectivity index (χ0) is 18.4. The van der Waals surface area contributed by atoms with Crippen LogP contribution < -0.4 is 10.6 Å². The van der Waals surface area contributed by atoms with Gasteiger partial charge in [0.2, 0.25) is 0 Å². The Kier molecular flexibility index (Phi) is 5.77. The molecule has 0 radical (unpaired) electrons. The van der Waals surface area contributed by atoms with Crippen molar-refractivity contribution in [3.05, 3.63) is 101 Å². The predicted molar refractivity (Wildman–Crippen MR) is 103 cm³/mol. The average molecular weight is 348 g/mol. The predicted octanol–water partition coefficient (Wildman–Crippen LogP) is 4.68. The Balaban J connectivity index is 1.58. The van der Waals surface area contributed by atoms with Crippen LogP contribution in [0.5, 0.6) is 0 Å². The normalized spacial score (nSPS) is 10.5. The molecule has 0 aliphatic heterocycles. The minimum absolute atomic E-state index is 0.138. The van der Waals surface area contributed by atoms with E-state index in [1.54, 1.807) is 12.1 Å². The fourth-order valence-corrected chi connectivity index (χ4v) is 2.65. The Bertz CT molecular complexity index is 891. The van der Waals surface area contributed by atoms with E-state index in [0.717, 1.165) is 16.8 Å². The molecule has 0 aliphatic carbocycles. The first-order chi connectivity index (χ1) is 12.6. The molecule has 0 fully saturated rings. The number of benzene rings is 3. The van der Waals surface area contributed by atoms with E-state index in [0.29, 0.717) is 24.2 Å². The number of aryl methyl sites for hydroxylation is 1. The molecule has 26 heavy (non-hydrogen) atoms. The number of hydrogen-bond donors (Lipinski definition) is 2. The summed E-state index contributed by atoms with van der Waals surface area (Å²) in [6, 6.07) is 21.8. The van der Waals surface area contributed by atoms with Gasteiger partial charge in [-0.05, 0) is 42.8 Å². The second kappa shape index (κ2) is 8.41. The molecule has 0 aliphatic rings. The number of halogens is 1. The third-order valence-electron chi connectivity index (χ3n) is 4.10. The SMILES string of the molecule is Cc1ccc(C(=O)Nc2cccc(CNCc3ccccc3F)c2)cc1. The lowest BCUT2D eigenvalue weighted by atomic mass is 10.1. The number of rotatable bonds is 6. The van der Waals surface area contributed by atoms with E-state index in [4.69, 9.17) is 0 Å². The van der Waals surface area contributed by atoms with Crippen molar-refractivity contribution in [2.75, 3.05) is 5.32 Å². The summed E-state index contributed by atoms with van der Waals surface area (Å²) < 4.78 is 13.6. The van der Waals surface area contributed by atoms with Crippen molar-refractivity contribution in [1.82, 2.24) is 5.32 Å². The van der Waals surface area contributed by atoms with Crippen LogP contribution in [-0.4, -0.2) is 5.91 Å². The van der Waals surface area contributed by atoms with Crippen LogP contribution in [0.2, 0.25) is 0 Å². The van der Waals surface area contributed by atoms with Gasteiger partial charge in [0.15, 0.2) is 0 Å². The lowest BCUT2D eigenvalue weighted by molar-refractivity contribution is 0.102. The lowest BCUT2D eigenvalue weighted by Crippen LogP contribution is -2.15. The van der Waals surface area contributed by atoms with Crippen LogP contribution in [0.4, 0.5) is 10.1 Å². The van der Waals surface area contributed by atoms with Crippen molar-refractivity contribution < 1.29 is 9.18 Å². The maximum absolute atomic E-state index is 13.6. The molecule has 0 atom stereocenters. The molecule has 0 spiro atoms. The Morgan fingerprint density at radius 1 is 0.923 bits per heavy atom. The monoisotopic (exact) mass is 348 g/mol. The van der Waals surface area contributed by atoms with Crippen LogP contribution in [-0.2, 0) is 13.1 Å². The average Bonchev–Trinajstić information content (AvgIpc) is 2.64. The van der Waals surface area contributed by atoms with Gasteiger partial charge < -0.3 is 10.6 Å². The van der Waals surface area contributed by atoms with Crippen LogP contribution >= 0.6 is 0 Å². The number of anilines is 1. The molecule has 2 N–H and O–H groups in total. The van der Waals surface area contributed by atoms with E-state index in [1.165, 1.54) is 6.07 Å². The van der Waals surface area contributed by atoms with Gasteiger partial charge in [-0.3, -0.25) is 4.79 Å². The van der Waals surface area contributed by atoms with Crippen molar-refractivity contribution >= 4 is 11.6 Å². The summed E-state index contributed by atoms with van der Waals surface area (Å²) >= 11 is 0. The molecule has 3 rings (SSSR count). The highest BCUT2D eigenvalue weighted by atomic mass is 19.1. The highest BCUT2D eigenvalue weighted by molar-refractivity contribution is 6.04. The molecular formula is C22H21FN2O. The summed E-state index contributed by atoms with van der Waals surface area (Å²) in [5.74, 6) is -0.347. The van der Waals surface area contributed by atoms with Gasteiger partial charge in [0.1, 0.15) is 5.82 Å². The van der Waals surface area contributed by atoms with Crippen LogP contribution in [0, 0.1) is 12.7 Å². The van der Waals surface area contributed by atoms with Gasteiger partial charge in [-0.25, -0.2) is 4.39 Å². The van der Waals surface area contributed by atoms with E-state index in [2.05, 4.69) is 10.6 Å². The molecule has 0 bridgehead atoms. The largest absolute Gasteiger partial charge is 0.322 e. The fourth-order valence-electron chi connectivity index (χ4n) is 2.65. The molecule has 3 aromatic carbocycles. The fraction of sp³-hybridized carbons (Fsp3) is 0.136. The molecule has 4 heteroatoms. The summed E-state index contributed by atoms with van der Waals surface area (Å²) in [6.07, 6.45) is 0. The highest BCUT2D eigenvalue weighted by Gasteiger charge is 2.06. The molecule has 0 unspecified atom stereocenters. The number of hydrogen-bond acceptors (Lipinski definition) is 2. The second-order valence-electron chi connectivity index (χ2n) is 6.22. The molecule has 132 valence electrons. The molecule has 3 aromatic rings. The van der Waals surface area contributed by atoms with E-state index in [-0.39, 0.29) is 11.7 Å². The summed E-state index contributed by atoms with van der Waals surface area (Å²) in [5.41, 5.74) is 4.13. The van der Waals surface area contributed by atoms with Gasteiger partial charge in [-0.15, -0.1) is 0 Å². The second-order valence-corrected chi connectivity index (χ2v) is 6.22. The van der Waals surface area contributed by atoms with Crippen molar-refractivity contribution in [3.8, 4) is 0 Å². The quantitative estimate of drug-likeness (QED) is 0.679. The highest BCUT2D eigenvalue weighted by Crippen LogP contribution is 2.13. The summed E-state index contributed by atoms with van der Waals surface area (Å²) in [7, 11) is 0. The molecular weight excluding hydrogens is 327 g/mol. The maximum Gasteiger partial charge on any atom is 0.255 e. The Hall–Kier alpha value is -2.98. The molecule has 0 saturated heterocycles. The van der Waals surface area contributed by atoms with Crippen molar-refractivity contribution in [1.29, 1.82) is 0 Å². The number of nitrogens with one attached hydrogen (secondary N) is 2. The maximum atomic E-state index is 13.6. The Morgan fingerprint density at radius 3 is 2.46 bits per heavy atom. The van der Waals surface area contributed by atoms with Gasteiger partial charge in [-0.2, -0.15) is 0 Å². The Labute approximate surface area is 152 Å². The molecule has 0 heterocycles. The van der Waals surface area contributed by atoms with E-state index < -0.39 is 0 Å². The van der Waals surface area contributed by atoms with Gasteiger partial charge in [0.05, 0.1) is 0 Å². The standard InChI is InChI=1S/C22H21FN2O/c1-16-9-11-18(12-10-16)22(26)25-20-7-4-5-17(13-20)14-24-15-19-6-2-3-8-21(19)23/h2-13,24H,14-15H2,1H3,(H,25,26). The summed E-state index contributed by atoms with van der Waals surface area (Å²) in [6.45, 7) is 3.02. The summed E-state index contributed by atoms with van der Waals surface area (Å²) in [4.78, 5) is 12.3. The zero-order valence-electron chi connectivity index (χ0n) is 14.6. The van der Waals surface area contributed by atoms with Crippen molar-refractivity contribution in [2.45, 2.75) is 20.0 Å². The molecule has 1 amide bonds. The number of carbonyl (C=O) groups is 1. The van der Waals surface area contributed by atoms with Crippen LogP contribution in [0.3, 0.4) is 0 Å². The van der Waals surface area contributed by atoms with Crippen LogP contribution in [0.15, 0.2) is 72.8 Å². The first-order valence-electron chi connectivity index (χ1n) is 8.53. The minimum Gasteiger partial charge on any atom is -0.322 e. The molecule has 0 aromatic heterocycles. The Morgan fingerprint density at radius 2 is 1.69 bits per heavy atom. The van der Waals surface area contributed by atoms with Crippen LogP contribution in [0.25, 0.3) is 0 Å². The van der Waals surface area contributed by atoms with E-state index in [9.17, 15) is 9.18 Å².